The number of ether oxygens (including phenoxy) is 2. The molecule has 0 saturated heterocycles. The van der Waals surface area contributed by atoms with Crippen molar-refractivity contribution in [1.29, 1.82) is 0 Å². The van der Waals surface area contributed by atoms with Crippen LogP contribution >= 0.6 is 0 Å². The van der Waals surface area contributed by atoms with Crippen molar-refractivity contribution in [3.8, 4) is 11.5 Å². The fourth-order valence-corrected chi connectivity index (χ4v) is 2.35. The molecule has 3 N–H and O–H groups in total. The van der Waals surface area contributed by atoms with Crippen LogP contribution in [-0.2, 0) is 6.42 Å². The van der Waals surface area contributed by atoms with Crippen molar-refractivity contribution in [3.63, 3.8) is 0 Å². The van der Waals surface area contributed by atoms with Gasteiger partial charge < -0.3 is 20.3 Å². The molecule has 1 rings (SSSR count). The zero-order valence-electron chi connectivity index (χ0n) is 13.5. The third-order valence-corrected chi connectivity index (χ3v) is 3.47. The standard InChI is InChI=1S/C17H29NO3/c1-4-7-15(18)16(19)10-8-13-12-14(20-5-2)9-11-17(13)21-6-3/h9,11-12,15-16,19H,4-8,10,18H2,1-3H3. The number of aliphatic hydroxyl groups excluding tert-OH is 1. The van der Waals surface area contributed by atoms with Gasteiger partial charge in [0, 0.05) is 6.04 Å². The third-order valence-electron chi connectivity index (χ3n) is 3.47. The molecule has 0 heterocycles. The molecule has 0 radical (unpaired) electrons. The van der Waals surface area contributed by atoms with Crippen molar-refractivity contribution in [1.82, 2.24) is 0 Å². The topological polar surface area (TPSA) is 64.7 Å². The molecule has 0 saturated carbocycles. The average molecular weight is 295 g/mol. The Kier molecular flexibility index (Phi) is 8.16. The predicted octanol–water partition coefficient (Wildman–Crippen LogP) is 2.90. The monoisotopic (exact) mass is 295 g/mol. The molecule has 1 aromatic carbocycles. The fourth-order valence-electron chi connectivity index (χ4n) is 2.35. The minimum absolute atomic E-state index is 0.152. The Morgan fingerprint density at radius 3 is 2.43 bits per heavy atom. The molecular formula is C17H29NO3. The first kappa shape index (κ1) is 17.8. The molecule has 0 aliphatic carbocycles. The number of aryl methyl sites for hydroxylation is 1. The van der Waals surface area contributed by atoms with Crippen LogP contribution in [-0.4, -0.2) is 30.5 Å². The molecule has 120 valence electrons. The highest BCUT2D eigenvalue weighted by atomic mass is 16.5. The summed E-state index contributed by atoms with van der Waals surface area (Å²) in [6.45, 7) is 7.26. The lowest BCUT2D eigenvalue weighted by molar-refractivity contribution is 0.130. The molecule has 0 spiro atoms. The Morgan fingerprint density at radius 2 is 1.81 bits per heavy atom. The number of nitrogens with two attached hydrogens (primary N) is 1. The maximum atomic E-state index is 10.1. The molecule has 0 aliphatic rings. The number of rotatable bonds is 10. The molecule has 4 heteroatoms. The van der Waals surface area contributed by atoms with Gasteiger partial charge >= 0.3 is 0 Å². The summed E-state index contributed by atoms with van der Waals surface area (Å²) in [6.07, 6.45) is 2.72. The summed E-state index contributed by atoms with van der Waals surface area (Å²) >= 11 is 0. The van der Waals surface area contributed by atoms with Crippen molar-refractivity contribution in [2.45, 2.75) is 58.6 Å². The molecular weight excluding hydrogens is 266 g/mol. The normalized spacial score (nSPS) is 13.8. The summed E-state index contributed by atoms with van der Waals surface area (Å²) in [5, 5.41) is 10.1. The van der Waals surface area contributed by atoms with Crippen molar-refractivity contribution in [3.05, 3.63) is 23.8 Å². The van der Waals surface area contributed by atoms with Crippen molar-refractivity contribution in [2.75, 3.05) is 13.2 Å². The average Bonchev–Trinajstić information content (AvgIpc) is 2.47. The lowest BCUT2D eigenvalue weighted by Gasteiger charge is -2.19. The van der Waals surface area contributed by atoms with Crippen molar-refractivity contribution in [2.24, 2.45) is 5.73 Å². The first-order valence-electron chi connectivity index (χ1n) is 7.94. The van der Waals surface area contributed by atoms with E-state index in [1.807, 2.05) is 32.0 Å². The quantitative estimate of drug-likeness (QED) is 0.696. The van der Waals surface area contributed by atoms with Crippen molar-refractivity contribution < 1.29 is 14.6 Å². The van der Waals surface area contributed by atoms with Gasteiger partial charge in [0.25, 0.3) is 0 Å². The number of aliphatic hydroxyl groups is 1. The SMILES string of the molecule is CCCC(N)C(O)CCc1cc(OCC)ccc1OCC. The van der Waals surface area contributed by atoms with Crippen LogP contribution in [0, 0.1) is 0 Å². The van der Waals surface area contributed by atoms with Gasteiger partial charge in [0.15, 0.2) is 0 Å². The van der Waals surface area contributed by atoms with E-state index < -0.39 is 6.10 Å². The Hall–Kier alpha value is -1.26. The fraction of sp³-hybridized carbons (Fsp3) is 0.647. The second kappa shape index (κ2) is 9.64. The molecule has 0 aliphatic heterocycles. The highest BCUT2D eigenvalue weighted by molar-refractivity contribution is 5.40. The van der Waals surface area contributed by atoms with Gasteiger partial charge in [0.2, 0.25) is 0 Å². The molecule has 2 unspecified atom stereocenters. The van der Waals surface area contributed by atoms with Gasteiger partial charge in [-0.1, -0.05) is 13.3 Å². The van der Waals surface area contributed by atoms with Gasteiger partial charge in [0.1, 0.15) is 11.5 Å². The van der Waals surface area contributed by atoms with Crippen LogP contribution in [0.3, 0.4) is 0 Å². The predicted molar refractivity (Wildman–Crippen MR) is 86.0 cm³/mol. The summed E-state index contributed by atoms with van der Waals surface area (Å²) in [7, 11) is 0. The summed E-state index contributed by atoms with van der Waals surface area (Å²) in [6, 6.07) is 5.69. The molecule has 0 amide bonds. The lowest BCUT2D eigenvalue weighted by Crippen LogP contribution is -2.34. The zero-order chi connectivity index (χ0) is 15.7. The van der Waals surface area contributed by atoms with E-state index in [1.54, 1.807) is 0 Å². The van der Waals surface area contributed by atoms with Gasteiger partial charge in [-0.2, -0.15) is 0 Å². The van der Waals surface area contributed by atoms with Crippen LogP contribution in [0.25, 0.3) is 0 Å². The summed E-state index contributed by atoms with van der Waals surface area (Å²) in [5.41, 5.74) is 7.02. The largest absolute Gasteiger partial charge is 0.494 e. The molecule has 0 aromatic heterocycles. The molecule has 0 fully saturated rings. The van der Waals surface area contributed by atoms with Gasteiger partial charge in [0.05, 0.1) is 19.3 Å². The van der Waals surface area contributed by atoms with Crippen LogP contribution in [0.15, 0.2) is 18.2 Å². The van der Waals surface area contributed by atoms with Crippen LogP contribution in [0.2, 0.25) is 0 Å². The Balaban J connectivity index is 2.71. The summed E-state index contributed by atoms with van der Waals surface area (Å²) in [4.78, 5) is 0. The van der Waals surface area contributed by atoms with Crippen LogP contribution in [0.4, 0.5) is 0 Å². The smallest absolute Gasteiger partial charge is 0.122 e. The maximum absolute atomic E-state index is 10.1. The molecule has 4 nitrogen and oxygen atoms in total. The van der Waals surface area contributed by atoms with Crippen molar-refractivity contribution >= 4 is 0 Å². The van der Waals surface area contributed by atoms with Gasteiger partial charge in [-0.15, -0.1) is 0 Å². The van der Waals surface area contributed by atoms with E-state index >= 15 is 0 Å². The van der Waals surface area contributed by atoms with E-state index in [2.05, 4.69) is 6.92 Å². The van der Waals surface area contributed by atoms with Crippen LogP contribution in [0.1, 0.15) is 45.6 Å². The van der Waals surface area contributed by atoms with E-state index in [4.69, 9.17) is 15.2 Å². The van der Waals surface area contributed by atoms with E-state index in [0.717, 1.165) is 36.3 Å². The zero-order valence-corrected chi connectivity index (χ0v) is 13.5. The van der Waals surface area contributed by atoms with Gasteiger partial charge in [-0.3, -0.25) is 0 Å². The second-order valence-corrected chi connectivity index (χ2v) is 5.19. The Labute approximate surface area is 128 Å². The van der Waals surface area contributed by atoms with Gasteiger partial charge in [-0.25, -0.2) is 0 Å². The van der Waals surface area contributed by atoms with E-state index in [9.17, 15) is 5.11 Å². The highest BCUT2D eigenvalue weighted by Gasteiger charge is 2.15. The Bertz CT molecular complexity index is 409. The van der Waals surface area contributed by atoms with Gasteiger partial charge in [-0.05, 0) is 56.9 Å². The molecule has 1 aromatic rings. The third kappa shape index (κ3) is 5.94. The second-order valence-electron chi connectivity index (χ2n) is 5.19. The van der Waals surface area contributed by atoms with E-state index in [-0.39, 0.29) is 6.04 Å². The van der Waals surface area contributed by atoms with Crippen LogP contribution < -0.4 is 15.2 Å². The first-order chi connectivity index (χ1) is 10.1. The molecule has 0 bridgehead atoms. The number of hydrogen-bond acceptors (Lipinski definition) is 4. The minimum atomic E-state index is -0.477. The molecule has 21 heavy (non-hydrogen) atoms. The number of hydrogen-bond donors (Lipinski definition) is 2. The summed E-state index contributed by atoms with van der Waals surface area (Å²) < 4.78 is 11.2. The Morgan fingerprint density at radius 1 is 1.10 bits per heavy atom. The number of benzene rings is 1. The first-order valence-corrected chi connectivity index (χ1v) is 7.94. The minimum Gasteiger partial charge on any atom is -0.494 e. The highest BCUT2D eigenvalue weighted by Crippen LogP contribution is 2.26. The van der Waals surface area contributed by atoms with E-state index in [0.29, 0.717) is 19.6 Å². The maximum Gasteiger partial charge on any atom is 0.122 e. The van der Waals surface area contributed by atoms with Crippen LogP contribution in [0.5, 0.6) is 11.5 Å². The summed E-state index contributed by atoms with van der Waals surface area (Å²) in [5.74, 6) is 1.69. The molecule has 2 atom stereocenters. The lowest BCUT2D eigenvalue weighted by atomic mass is 9.99. The van der Waals surface area contributed by atoms with E-state index in [1.165, 1.54) is 0 Å².